The van der Waals surface area contributed by atoms with Crippen molar-refractivity contribution in [2.24, 2.45) is 5.92 Å². The van der Waals surface area contributed by atoms with Crippen molar-refractivity contribution in [1.82, 2.24) is 14.6 Å². The van der Waals surface area contributed by atoms with Gasteiger partial charge in [0, 0.05) is 26.6 Å². The molecular weight excluding hydrogens is 396 g/mol. The van der Waals surface area contributed by atoms with Gasteiger partial charge in [0.25, 0.3) is 0 Å². The predicted octanol–water partition coefficient (Wildman–Crippen LogP) is 4.14. The number of hydrogen-bond donors (Lipinski definition) is 0. The first-order valence-corrected chi connectivity index (χ1v) is 10.0. The van der Waals surface area contributed by atoms with Gasteiger partial charge in [-0.05, 0) is 46.0 Å². The molecule has 0 aromatic carbocycles. The number of fused-ring (bicyclic) bond motifs is 1. The molecule has 1 amide bonds. The quantitative estimate of drug-likeness (QED) is 0.531. The summed E-state index contributed by atoms with van der Waals surface area (Å²) in [6.45, 7) is 5.36. The van der Waals surface area contributed by atoms with Gasteiger partial charge in [-0.25, -0.2) is 9.78 Å². The number of Topliss-reactive ketones (excluding diaryl/α,β-unsaturated/α-hetero) is 1. The van der Waals surface area contributed by atoms with Gasteiger partial charge in [0.2, 0.25) is 0 Å². The van der Waals surface area contributed by atoms with Crippen molar-refractivity contribution in [3.8, 4) is 0 Å². The fourth-order valence-corrected chi connectivity index (χ4v) is 3.76. The molecule has 1 saturated carbocycles. The fourth-order valence-electron chi connectivity index (χ4n) is 3.58. The standard InChI is InChI=1S/C20H27ClN4O4/c1-20(2,3)29-19(27)24(4)17-10-16(21)23-18-14(11-22-25(17)18)15(26)9-12-6-7-13(8-12)28-5/h10-13H,6-9H2,1-5H3/t12?,13-/m1/s1. The lowest BCUT2D eigenvalue weighted by Crippen LogP contribution is -2.35. The number of anilines is 1. The van der Waals surface area contributed by atoms with Crippen molar-refractivity contribution in [2.45, 2.75) is 58.2 Å². The minimum atomic E-state index is -0.645. The van der Waals surface area contributed by atoms with E-state index in [1.807, 2.05) is 0 Å². The SMILES string of the molecule is CO[C@@H]1CCC(CC(=O)c2cnn3c(N(C)C(=O)OC(C)(C)C)cc(Cl)nc23)C1. The zero-order chi connectivity index (χ0) is 21.3. The summed E-state index contributed by atoms with van der Waals surface area (Å²) in [5.41, 5.74) is 0.0786. The zero-order valence-electron chi connectivity index (χ0n) is 17.4. The molecule has 1 aliphatic rings. The van der Waals surface area contributed by atoms with E-state index in [1.165, 1.54) is 21.7 Å². The number of amides is 1. The van der Waals surface area contributed by atoms with E-state index in [-0.39, 0.29) is 23.0 Å². The van der Waals surface area contributed by atoms with Crippen LogP contribution < -0.4 is 4.90 Å². The Morgan fingerprint density at radius 1 is 1.34 bits per heavy atom. The Balaban J connectivity index is 1.87. The van der Waals surface area contributed by atoms with Gasteiger partial charge < -0.3 is 9.47 Å². The Bertz CT molecular complexity index is 921. The first kappa shape index (κ1) is 21.5. The molecule has 1 aliphatic carbocycles. The lowest BCUT2D eigenvalue weighted by atomic mass is 9.98. The summed E-state index contributed by atoms with van der Waals surface area (Å²) < 4.78 is 12.2. The number of rotatable bonds is 5. The van der Waals surface area contributed by atoms with Crippen molar-refractivity contribution in [3.05, 3.63) is 23.0 Å². The molecule has 0 spiro atoms. The minimum absolute atomic E-state index is 0.0395. The molecule has 0 saturated heterocycles. The lowest BCUT2D eigenvalue weighted by Gasteiger charge is -2.24. The van der Waals surface area contributed by atoms with Crippen molar-refractivity contribution in [1.29, 1.82) is 0 Å². The number of hydrogen-bond acceptors (Lipinski definition) is 6. The smallest absolute Gasteiger partial charge is 0.415 e. The summed E-state index contributed by atoms with van der Waals surface area (Å²) in [5.74, 6) is 0.612. The molecule has 2 aromatic heterocycles. The molecule has 2 aromatic rings. The monoisotopic (exact) mass is 422 g/mol. The van der Waals surface area contributed by atoms with Crippen LogP contribution in [0.15, 0.2) is 12.3 Å². The summed E-state index contributed by atoms with van der Waals surface area (Å²) in [7, 11) is 3.26. The van der Waals surface area contributed by atoms with Gasteiger partial charge in [-0.1, -0.05) is 11.6 Å². The van der Waals surface area contributed by atoms with Crippen molar-refractivity contribution < 1.29 is 19.1 Å². The van der Waals surface area contributed by atoms with Gasteiger partial charge in [-0.2, -0.15) is 9.61 Å². The van der Waals surface area contributed by atoms with Crippen molar-refractivity contribution >= 4 is 34.9 Å². The number of halogens is 1. The highest BCUT2D eigenvalue weighted by Crippen LogP contribution is 2.32. The van der Waals surface area contributed by atoms with E-state index in [9.17, 15) is 9.59 Å². The summed E-state index contributed by atoms with van der Waals surface area (Å²) in [6, 6.07) is 1.51. The molecule has 0 aliphatic heterocycles. The van der Waals surface area contributed by atoms with Gasteiger partial charge >= 0.3 is 6.09 Å². The Hall–Kier alpha value is -2.19. The molecule has 158 valence electrons. The molecule has 0 radical (unpaired) electrons. The van der Waals surface area contributed by atoms with Crippen LogP contribution in [0, 0.1) is 5.92 Å². The molecular formula is C20H27ClN4O4. The lowest BCUT2D eigenvalue weighted by molar-refractivity contribution is 0.0587. The number of methoxy groups -OCH3 is 1. The highest BCUT2D eigenvalue weighted by Gasteiger charge is 2.29. The minimum Gasteiger partial charge on any atom is -0.443 e. The van der Waals surface area contributed by atoms with Crippen LogP contribution in [0.25, 0.3) is 5.65 Å². The molecule has 2 heterocycles. The van der Waals surface area contributed by atoms with Crippen LogP contribution in [-0.4, -0.2) is 52.3 Å². The first-order valence-electron chi connectivity index (χ1n) is 9.66. The molecule has 0 bridgehead atoms. The maximum Gasteiger partial charge on any atom is 0.415 e. The van der Waals surface area contributed by atoms with E-state index < -0.39 is 11.7 Å². The largest absolute Gasteiger partial charge is 0.443 e. The number of aromatic nitrogens is 3. The van der Waals surface area contributed by atoms with Crippen LogP contribution in [0.2, 0.25) is 5.15 Å². The van der Waals surface area contributed by atoms with Crippen LogP contribution in [-0.2, 0) is 9.47 Å². The molecule has 8 nitrogen and oxygen atoms in total. The summed E-state index contributed by atoms with van der Waals surface area (Å²) in [5, 5.41) is 4.45. The second kappa shape index (κ2) is 8.28. The Morgan fingerprint density at radius 3 is 2.69 bits per heavy atom. The van der Waals surface area contributed by atoms with E-state index >= 15 is 0 Å². The third-order valence-corrected chi connectivity index (χ3v) is 5.23. The van der Waals surface area contributed by atoms with Crippen LogP contribution in [0.5, 0.6) is 0 Å². The number of carbonyl (C=O) groups is 2. The van der Waals surface area contributed by atoms with E-state index in [0.717, 1.165) is 19.3 Å². The van der Waals surface area contributed by atoms with E-state index in [1.54, 1.807) is 34.9 Å². The van der Waals surface area contributed by atoms with Gasteiger partial charge in [0.05, 0.1) is 17.9 Å². The molecule has 1 unspecified atom stereocenters. The molecule has 0 N–H and O–H groups in total. The maximum atomic E-state index is 12.9. The number of ether oxygens (including phenoxy) is 2. The topological polar surface area (TPSA) is 86.0 Å². The summed E-state index contributed by atoms with van der Waals surface area (Å²) in [6.07, 6.45) is 4.37. The molecule has 3 rings (SSSR count). The van der Waals surface area contributed by atoms with Crippen LogP contribution in [0.4, 0.5) is 10.6 Å². The Morgan fingerprint density at radius 2 is 2.07 bits per heavy atom. The summed E-state index contributed by atoms with van der Waals surface area (Å²) in [4.78, 5) is 30.9. The molecule has 2 atom stereocenters. The van der Waals surface area contributed by atoms with Crippen molar-refractivity contribution in [3.63, 3.8) is 0 Å². The molecule has 1 fully saturated rings. The molecule has 9 heteroatoms. The van der Waals surface area contributed by atoms with Gasteiger partial charge in [0.1, 0.15) is 16.6 Å². The van der Waals surface area contributed by atoms with E-state index in [0.29, 0.717) is 23.4 Å². The van der Waals surface area contributed by atoms with Gasteiger partial charge in [-0.3, -0.25) is 9.69 Å². The number of carbonyl (C=O) groups excluding carboxylic acids is 2. The third kappa shape index (κ3) is 4.87. The summed E-state index contributed by atoms with van der Waals surface area (Å²) >= 11 is 6.19. The average Bonchev–Trinajstić information content (AvgIpc) is 3.25. The predicted molar refractivity (Wildman–Crippen MR) is 110 cm³/mol. The van der Waals surface area contributed by atoms with Gasteiger partial charge in [-0.15, -0.1) is 0 Å². The molecule has 29 heavy (non-hydrogen) atoms. The third-order valence-electron chi connectivity index (χ3n) is 5.03. The number of nitrogens with zero attached hydrogens (tertiary/aromatic N) is 4. The van der Waals surface area contributed by atoms with Gasteiger partial charge in [0.15, 0.2) is 11.4 Å². The normalized spacial score (nSPS) is 19.5. The van der Waals surface area contributed by atoms with Crippen LogP contribution in [0.3, 0.4) is 0 Å². The first-order chi connectivity index (χ1) is 13.6. The zero-order valence-corrected chi connectivity index (χ0v) is 18.2. The van der Waals surface area contributed by atoms with Crippen LogP contribution in [0.1, 0.15) is 56.8 Å². The highest BCUT2D eigenvalue weighted by molar-refractivity contribution is 6.30. The number of ketones is 1. The second-order valence-electron chi connectivity index (χ2n) is 8.43. The van der Waals surface area contributed by atoms with Crippen molar-refractivity contribution in [2.75, 3.05) is 19.1 Å². The van der Waals surface area contributed by atoms with E-state index in [2.05, 4.69) is 10.1 Å². The average molecular weight is 423 g/mol. The van der Waals surface area contributed by atoms with E-state index in [4.69, 9.17) is 21.1 Å². The Kier molecular flexibility index (Phi) is 6.14. The highest BCUT2D eigenvalue weighted by atomic mass is 35.5. The second-order valence-corrected chi connectivity index (χ2v) is 8.82. The maximum absolute atomic E-state index is 12.9. The fraction of sp³-hybridized carbons (Fsp3) is 0.600. The van der Waals surface area contributed by atoms with Crippen LogP contribution >= 0.6 is 11.6 Å². The Labute approximate surface area is 175 Å².